The zero-order valence-electron chi connectivity index (χ0n) is 14.7. The van der Waals surface area contributed by atoms with E-state index in [-0.39, 0.29) is 0 Å². The summed E-state index contributed by atoms with van der Waals surface area (Å²) in [7, 11) is 0. The topological polar surface area (TPSA) is 81.0 Å². The maximum Gasteiger partial charge on any atom is 0.158 e. The molecular weight excluding hydrogens is 330 g/mol. The summed E-state index contributed by atoms with van der Waals surface area (Å²) in [6.07, 6.45) is 7.13. The highest BCUT2D eigenvalue weighted by molar-refractivity contribution is 5.44. The van der Waals surface area contributed by atoms with Crippen LogP contribution in [-0.4, -0.2) is 51.0 Å². The summed E-state index contributed by atoms with van der Waals surface area (Å²) in [5, 5.41) is 7.63. The summed E-state index contributed by atoms with van der Waals surface area (Å²) in [5.74, 6) is 2.48. The molecule has 4 heterocycles. The van der Waals surface area contributed by atoms with E-state index in [2.05, 4.69) is 36.3 Å². The first kappa shape index (κ1) is 16.5. The minimum Gasteiger partial charge on any atom is -0.378 e. The zero-order valence-corrected chi connectivity index (χ0v) is 14.7. The number of hydrogen-bond acceptors (Lipinski definition) is 7. The second-order valence-electron chi connectivity index (χ2n) is 6.20. The molecule has 3 aromatic rings. The number of ether oxygens (including phenoxy) is 1. The van der Waals surface area contributed by atoms with Gasteiger partial charge in [-0.05, 0) is 30.2 Å². The summed E-state index contributed by atoms with van der Waals surface area (Å²) in [4.78, 5) is 15.3. The van der Waals surface area contributed by atoms with Gasteiger partial charge >= 0.3 is 0 Å². The molecule has 8 nitrogen and oxygen atoms in total. The van der Waals surface area contributed by atoms with Crippen molar-refractivity contribution in [1.29, 1.82) is 0 Å². The molecule has 3 aromatic heterocycles. The van der Waals surface area contributed by atoms with Gasteiger partial charge in [-0.2, -0.15) is 5.10 Å². The summed E-state index contributed by atoms with van der Waals surface area (Å²) in [5.41, 5.74) is 2.24. The molecule has 0 aromatic carbocycles. The van der Waals surface area contributed by atoms with Crippen molar-refractivity contribution in [2.24, 2.45) is 0 Å². The first-order valence-corrected chi connectivity index (χ1v) is 8.63. The molecule has 134 valence electrons. The maximum absolute atomic E-state index is 5.40. The lowest BCUT2D eigenvalue weighted by Gasteiger charge is -2.28. The van der Waals surface area contributed by atoms with Crippen LogP contribution in [-0.2, 0) is 11.3 Å². The van der Waals surface area contributed by atoms with Crippen LogP contribution in [0.4, 0.5) is 11.6 Å². The van der Waals surface area contributed by atoms with Crippen LogP contribution in [0, 0.1) is 6.92 Å². The number of aryl methyl sites for hydroxylation is 1. The van der Waals surface area contributed by atoms with Gasteiger partial charge in [0.15, 0.2) is 5.82 Å². The number of nitrogens with zero attached hydrogens (tertiary/aromatic N) is 6. The highest BCUT2D eigenvalue weighted by Crippen LogP contribution is 2.16. The summed E-state index contributed by atoms with van der Waals surface area (Å²) >= 11 is 0. The minimum atomic E-state index is 0.661. The number of nitrogens with one attached hydrogen (secondary N) is 1. The molecular formula is C18H21N7O. The van der Waals surface area contributed by atoms with Gasteiger partial charge < -0.3 is 15.0 Å². The molecule has 1 aliphatic heterocycles. The van der Waals surface area contributed by atoms with E-state index in [1.165, 1.54) is 0 Å². The van der Waals surface area contributed by atoms with Crippen LogP contribution in [0.25, 0.3) is 5.82 Å². The molecule has 1 saturated heterocycles. The second-order valence-corrected chi connectivity index (χ2v) is 6.20. The van der Waals surface area contributed by atoms with Crippen molar-refractivity contribution >= 4 is 11.6 Å². The number of hydrogen-bond donors (Lipinski definition) is 1. The molecule has 26 heavy (non-hydrogen) atoms. The van der Waals surface area contributed by atoms with E-state index in [0.29, 0.717) is 6.54 Å². The van der Waals surface area contributed by atoms with Crippen molar-refractivity contribution in [3.63, 3.8) is 0 Å². The van der Waals surface area contributed by atoms with Crippen LogP contribution in [0.3, 0.4) is 0 Å². The molecule has 1 aliphatic rings. The highest BCUT2D eigenvalue weighted by Gasteiger charge is 2.12. The third kappa shape index (κ3) is 3.80. The van der Waals surface area contributed by atoms with Crippen LogP contribution in [0.5, 0.6) is 0 Å². The molecule has 0 radical (unpaired) electrons. The fraction of sp³-hybridized carbons (Fsp3) is 0.333. The van der Waals surface area contributed by atoms with Gasteiger partial charge in [0.1, 0.15) is 18.0 Å². The predicted molar refractivity (Wildman–Crippen MR) is 98.5 cm³/mol. The molecule has 0 atom stereocenters. The van der Waals surface area contributed by atoms with E-state index >= 15 is 0 Å². The van der Waals surface area contributed by atoms with Gasteiger partial charge in [-0.15, -0.1) is 0 Å². The van der Waals surface area contributed by atoms with Crippen molar-refractivity contribution in [3.8, 4) is 5.82 Å². The van der Waals surface area contributed by atoms with Crippen LogP contribution in [0.2, 0.25) is 0 Å². The Bertz CT molecular complexity index is 873. The van der Waals surface area contributed by atoms with Crippen LogP contribution in [0.1, 0.15) is 11.1 Å². The van der Waals surface area contributed by atoms with Gasteiger partial charge in [0.2, 0.25) is 0 Å². The molecule has 8 heteroatoms. The van der Waals surface area contributed by atoms with E-state index in [9.17, 15) is 0 Å². The van der Waals surface area contributed by atoms with Crippen LogP contribution < -0.4 is 10.2 Å². The Morgan fingerprint density at radius 3 is 2.81 bits per heavy atom. The van der Waals surface area contributed by atoms with Crippen molar-refractivity contribution in [2.45, 2.75) is 13.5 Å². The summed E-state index contributed by atoms with van der Waals surface area (Å²) in [6.45, 7) is 5.92. The molecule has 0 bridgehead atoms. The molecule has 0 aliphatic carbocycles. The predicted octanol–water partition coefficient (Wildman–Crippen LogP) is 1.81. The molecule has 1 fully saturated rings. The van der Waals surface area contributed by atoms with Gasteiger partial charge in [0.25, 0.3) is 0 Å². The Labute approximate surface area is 151 Å². The molecule has 1 N–H and O–H groups in total. The number of rotatable bonds is 5. The number of anilines is 2. The number of pyridine rings is 1. The Morgan fingerprint density at radius 2 is 2.00 bits per heavy atom. The average molecular weight is 351 g/mol. The first-order valence-electron chi connectivity index (χ1n) is 8.63. The normalized spacial score (nSPS) is 14.4. The fourth-order valence-corrected chi connectivity index (χ4v) is 2.84. The largest absolute Gasteiger partial charge is 0.378 e. The van der Waals surface area contributed by atoms with Gasteiger partial charge in [-0.25, -0.2) is 19.6 Å². The third-order valence-corrected chi connectivity index (χ3v) is 4.22. The minimum absolute atomic E-state index is 0.661. The first-order chi connectivity index (χ1) is 12.8. The molecule has 0 unspecified atom stereocenters. The van der Waals surface area contributed by atoms with Crippen molar-refractivity contribution in [3.05, 3.63) is 54.2 Å². The lowest BCUT2D eigenvalue weighted by molar-refractivity contribution is 0.122. The van der Waals surface area contributed by atoms with Gasteiger partial charge in [0.05, 0.1) is 19.4 Å². The third-order valence-electron chi connectivity index (χ3n) is 4.22. The van der Waals surface area contributed by atoms with Gasteiger partial charge in [-0.1, -0.05) is 0 Å². The van der Waals surface area contributed by atoms with E-state index in [4.69, 9.17) is 4.74 Å². The van der Waals surface area contributed by atoms with Crippen molar-refractivity contribution in [1.82, 2.24) is 24.7 Å². The fourth-order valence-electron chi connectivity index (χ4n) is 2.84. The lowest BCUT2D eigenvalue weighted by atomic mass is 10.2. The zero-order chi connectivity index (χ0) is 17.8. The monoisotopic (exact) mass is 351 g/mol. The summed E-state index contributed by atoms with van der Waals surface area (Å²) in [6, 6.07) is 6.00. The Hall–Kier alpha value is -3.00. The Kier molecular flexibility index (Phi) is 4.74. The van der Waals surface area contributed by atoms with Crippen LogP contribution >= 0.6 is 0 Å². The van der Waals surface area contributed by atoms with Crippen LogP contribution in [0.15, 0.2) is 43.1 Å². The molecule has 4 rings (SSSR count). The molecule has 0 amide bonds. The summed E-state index contributed by atoms with van der Waals surface area (Å²) < 4.78 is 7.14. The smallest absolute Gasteiger partial charge is 0.158 e. The SMILES string of the molecule is Cc1cnn(-c2cc(NCc3ccnc(N4CCOCC4)c3)ncn2)c1. The highest BCUT2D eigenvalue weighted by atomic mass is 16.5. The maximum atomic E-state index is 5.40. The Balaban J connectivity index is 1.44. The van der Waals surface area contributed by atoms with Crippen molar-refractivity contribution in [2.75, 3.05) is 36.5 Å². The van der Waals surface area contributed by atoms with E-state index in [1.807, 2.05) is 31.5 Å². The Morgan fingerprint density at radius 1 is 1.12 bits per heavy atom. The quantitative estimate of drug-likeness (QED) is 0.751. The van der Waals surface area contributed by atoms with Crippen molar-refractivity contribution < 1.29 is 4.74 Å². The van der Waals surface area contributed by atoms with Gasteiger partial charge in [0, 0.05) is 38.1 Å². The molecule has 0 saturated carbocycles. The van der Waals surface area contributed by atoms with E-state index < -0.39 is 0 Å². The number of morpholine rings is 1. The average Bonchev–Trinajstić information content (AvgIpc) is 3.14. The van der Waals surface area contributed by atoms with E-state index in [1.54, 1.807) is 17.2 Å². The standard InChI is InChI=1S/C18H21N7O/c1-14-10-23-25(12-14)18-9-16(21-13-22-18)20-11-15-2-3-19-17(8-15)24-4-6-26-7-5-24/h2-3,8-10,12-13H,4-7,11H2,1H3,(H,20,21,22). The lowest BCUT2D eigenvalue weighted by Crippen LogP contribution is -2.36. The second kappa shape index (κ2) is 7.49. The van der Waals surface area contributed by atoms with Gasteiger partial charge in [-0.3, -0.25) is 0 Å². The number of aromatic nitrogens is 5. The molecule has 0 spiro atoms. The van der Waals surface area contributed by atoms with E-state index in [0.717, 1.165) is 54.9 Å².